The number of rotatable bonds is 4. The Morgan fingerprint density at radius 3 is 2.71 bits per heavy atom. The number of hydrogen-bond donors (Lipinski definition) is 2. The van der Waals surface area contributed by atoms with E-state index in [0.717, 1.165) is 18.2 Å². The molecule has 2 aromatic rings. The zero-order valence-corrected chi connectivity index (χ0v) is 11.3. The van der Waals surface area contributed by atoms with Crippen LogP contribution in [0.15, 0.2) is 36.4 Å². The molecule has 0 saturated carbocycles. The van der Waals surface area contributed by atoms with Gasteiger partial charge in [-0.1, -0.05) is 0 Å². The Bertz CT molecular complexity index is 675. The van der Waals surface area contributed by atoms with Crippen molar-refractivity contribution >= 4 is 17.3 Å². The van der Waals surface area contributed by atoms with E-state index in [-0.39, 0.29) is 23.4 Å². The van der Waals surface area contributed by atoms with Gasteiger partial charge < -0.3 is 15.8 Å². The quantitative estimate of drug-likeness (QED) is 0.671. The molecular formula is C15H14F2N2O2. The van der Waals surface area contributed by atoms with Crippen LogP contribution in [0.1, 0.15) is 15.9 Å². The number of anilines is 2. The maximum Gasteiger partial charge on any atom is 0.340 e. The molecular weight excluding hydrogens is 278 g/mol. The van der Waals surface area contributed by atoms with Gasteiger partial charge in [0.1, 0.15) is 11.6 Å². The summed E-state index contributed by atoms with van der Waals surface area (Å²) in [6, 6.07) is 7.90. The summed E-state index contributed by atoms with van der Waals surface area (Å²) in [6.45, 7) is 0.0775. The minimum absolute atomic E-state index is 0.0775. The Kier molecular flexibility index (Phi) is 4.37. The number of halogens is 2. The number of carbonyl (C=O) groups excluding carboxylic acids is 1. The summed E-state index contributed by atoms with van der Waals surface area (Å²) in [5.41, 5.74) is 6.91. The monoisotopic (exact) mass is 292 g/mol. The highest BCUT2D eigenvalue weighted by atomic mass is 19.1. The average Bonchev–Trinajstić information content (AvgIpc) is 2.48. The molecule has 0 radical (unpaired) electrons. The molecule has 3 N–H and O–H groups in total. The Morgan fingerprint density at radius 1 is 1.24 bits per heavy atom. The molecule has 0 aliphatic carbocycles. The molecule has 0 aliphatic heterocycles. The van der Waals surface area contributed by atoms with E-state index < -0.39 is 17.6 Å². The van der Waals surface area contributed by atoms with Crippen LogP contribution >= 0.6 is 0 Å². The minimum Gasteiger partial charge on any atom is -0.465 e. The molecule has 110 valence electrons. The summed E-state index contributed by atoms with van der Waals surface area (Å²) in [6.07, 6.45) is 0. The van der Waals surface area contributed by atoms with E-state index in [2.05, 4.69) is 10.1 Å². The number of ether oxygens (including phenoxy) is 1. The maximum absolute atomic E-state index is 13.5. The summed E-state index contributed by atoms with van der Waals surface area (Å²) >= 11 is 0. The molecule has 21 heavy (non-hydrogen) atoms. The third-order valence-corrected chi connectivity index (χ3v) is 2.95. The Hall–Kier alpha value is -2.63. The smallest absolute Gasteiger partial charge is 0.340 e. The van der Waals surface area contributed by atoms with Crippen LogP contribution < -0.4 is 11.1 Å². The van der Waals surface area contributed by atoms with Gasteiger partial charge in [0.25, 0.3) is 0 Å². The summed E-state index contributed by atoms with van der Waals surface area (Å²) in [5, 5.41) is 2.91. The molecule has 0 unspecified atom stereocenters. The van der Waals surface area contributed by atoms with E-state index in [0.29, 0.717) is 5.69 Å². The van der Waals surface area contributed by atoms with Gasteiger partial charge in [0.2, 0.25) is 0 Å². The lowest BCUT2D eigenvalue weighted by atomic mass is 10.1. The first-order valence-electron chi connectivity index (χ1n) is 6.17. The van der Waals surface area contributed by atoms with Crippen molar-refractivity contribution in [2.24, 2.45) is 0 Å². The number of nitrogens with one attached hydrogen (secondary N) is 1. The highest BCUT2D eigenvalue weighted by Gasteiger charge is 2.11. The number of nitrogens with two attached hydrogens (primary N) is 1. The summed E-state index contributed by atoms with van der Waals surface area (Å²) in [5.74, 6) is -1.58. The summed E-state index contributed by atoms with van der Waals surface area (Å²) in [4.78, 5) is 11.5. The second-order valence-corrected chi connectivity index (χ2v) is 4.38. The second kappa shape index (κ2) is 6.21. The van der Waals surface area contributed by atoms with Gasteiger partial charge in [0, 0.05) is 23.5 Å². The number of hydrogen-bond acceptors (Lipinski definition) is 4. The molecule has 0 aliphatic rings. The van der Waals surface area contributed by atoms with Gasteiger partial charge in [-0.2, -0.15) is 0 Å². The van der Waals surface area contributed by atoms with Crippen molar-refractivity contribution in [3.8, 4) is 0 Å². The zero-order valence-electron chi connectivity index (χ0n) is 11.3. The largest absolute Gasteiger partial charge is 0.465 e. The van der Waals surface area contributed by atoms with E-state index >= 15 is 0 Å². The first-order chi connectivity index (χ1) is 10.0. The Balaban J connectivity index is 2.17. The predicted molar refractivity (Wildman–Crippen MR) is 75.9 cm³/mol. The zero-order chi connectivity index (χ0) is 15.4. The fraction of sp³-hybridized carbons (Fsp3) is 0.133. The number of carbonyl (C=O) groups is 1. The molecule has 0 atom stereocenters. The number of nitrogen functional groups attached to an aromatic ring is 1. The summed E-state index contributed by atoms with van der Waals surface area (Å²) in [7, 11) is 1.25. The lowest BCUT2D eigenvalue weighted by Gasteiger charge is -2.10. The lowest BCUT2D eigenvalue weighted by Crippen LogP contribution is -2.08. The highest BCUT2D eigenvalue weighted by molar-refractivity contribution is 5.96. The first-order valence-corrected chi connectivity index (χ1v) is 6.17. The van der Waals surface area contributed by atoms with Crippen LogP contribution in [0.4, 0.5) is 20.2 Å². The Morgan fingerprint density at radius 2 is 2.00 bits per heavy atom. The van der Waals surface area contributed by atoms with E-state index in [1.54, 1.807) is 6.07 Å². The standard InChI is InChI=1S/C15H14F2N2O2/c1-21-15(20)12-7-11(3-5-14(12)18)19-8-9-6-10(16)2-4-13(9)17/h2-7,19H,8,18H2,1H3. The predicted octanol–water partition coefficient (Wildman–Crippen LogP) is 2.95. The molecule has 0 bridgehead atoms. The second-order valence-electron chi connectivity index (χ2n) is 4.38. The lowest BCUT2D eigenvalue weighted by molar-refractivity contribution is 0.0602. The fourth-order valence-electron chi connectivity index (χ4n) is 1.83. The van der Waals surface area contributed by atoms with Gasteiger partial charge in [-0.15, -0.1) is 0 Å². The molecule has 2 rings (SSSR count). The number of methoxy groups -OCH3 is 1. The van der Waals surface area contributed by atoms with Crippen molar-refractivity contribution in [2.75, 3.05) is 18.2 Å². The van der Waals surface area contributed by atoms with Gasteiger partial charge in [0.05, 0.1) is 12.7 Å². The SMILES string of the molecule is COC(=O)c1cc(NCc2cc(F)ccc2F)ccc1N. The van der Waals surface area contributed by atoms with Gasteiger partial charge in [0.15, 0.2) is 0 Å². The van der Waals surface area contributed by atoms with E-state index in [9.17, 15) is 13.6 Å². The van der Waals surface area contributed by atoms with Crippen molar-refractivity contribution in [3.05, 3.63) is 59.2 Å². The third kappa shape index (κ3) is 3.47. The van der Waals surface area contributed by atoms with Crippen LogP contribution in [0.25, 0.3) is 0 Å². The van der Waals surface area contributed by atoms with E-state index in [1.165, 1.54) is 19.2 Å². The van der Waals surface area contributed by atoms with E-state index in [4.69, 9.17) is 5.73 Å². The number of benzene rings is 2. The van der Waals surface area contributed by atoms with Gasteiger partial charge in [-0.25, -0.2) is 13.6 Å². The molecule has 2 aromatic carbocycles. The average molecular weight is 292 g/mol. The Labute approximate surface area is 120 Å². The van der Waals surface area contributed by atoms with Crippen molar-refractivity contribution in [3.63, 3.8) is 0 Å². The normalized spacial score (nSPS) is 10.2. The van der Waals surface area contributed by atoms with Crippen molar-refractivity contribution in [2.45, 2.75) is 6.54 Å². The van der Waals surface area contributed by atoms with Gasteiger partial charge in [-0.3, -0.25) is 0 Å². The van der Waals surface area contributed by atoms with Crippen LogP contribution in [0.3, 0.4) is 0 Å². The molecule has 4 nitrogen and oxygen atoms in total. The molecule has 0 fully saturated rings. The highest BCUT2D eigenvalue weighted by Crippen LogP contribution is 2.20. The number of esters is 1. The van der Waals surface area contributed by atoms with Crippen LogP contribution in [0.2, 0.25) is 0 Å². The van der Waals surface area contributed by atoms with Gasteiger partial charge in [-0.05, 0) is 36.4 Å². The topological polar surface area (TPSA) is 64.3 Å². The molecule has 0 spiro atoms. The molecule has 0 amide bonds. The van der Waals surface area contributed by atoms with Crippen molar-refractivity contribution in [1.29, 1.82) is 0 Å². The fourth-order valence-corrected chi connectivity index (χ4v) is 1.83. The molecule has 6 heteroatoms. The molecule has 0 heterocycles. The van der Waals surface area contributed by atoms with Gasteiger partial charge >= 0.3 is 5.97 Å². The van der Waals surface area contributed by atoms with Crippen LogP contribution in [0, 0.1) is 11.6 Å². The summed E-state index contributed by atoms with van der Waals surface area (Å²) < 4.78 is 31.2. The van der Waals surface area contributed by atoms with Crippen molar-refractivity contribution in [1.82, 2.24) is 0 Å². The van der Waals surface area contributed by atoms with Crippen molar-refractivity contribution < 1.29 is 18.3 Å². The third-order valence-electron chi connectivity index (χ3n) is 2.95. The van der Waals surface area contributed by atoms with E-state index in [1.807, 2.05) is 0 Å². The minimum atomic E-state index is -0.562. The molecule has 0 saturated heterocycles. The molecule has 0 aromatic heterocycles. The van der Waals surface area contributed by atoms with Crippen LogP contribution in [-0.4, -0.2) is 13.1 Å². The maximum atomic E-state index is 13.5. The van der Waals surface area contributed by atoms with Crippen LogP contribution in [0.5, 0.6) is 0 Å². The first kappa shape index (κ1) is 14.8. The van der Waals surface area contributed by atoms with Crippen LogP contribution in [-0.2, 0) is 11.3 Å².